The molecule has 3 rings (SSSR count). The summed E-state index contributed by atoms with van der Waals surface area (Å²) in [5.74, 6) is -0.186. The van der Waals surface area contributed by atoms with Crippen molar-refractivity contribution in [3.8, 4) is 0 Å². The lowest BCUT2D eigenvalue weighted by molar-refractivity contribution is 0.624. The van der Waals surface area contributed by atoms with Gasteiger partial charge in [-0.25, -0.2) is 4.39 Å². The second-order valence-electron chi connectivity index (χ2n) is 4.96. The third-order valence-corrected chi connectivity index (χ3v) is 3.48. The van der Waals surface area contributed by atoms with Gasteiger partial charge in [-0.2, -0.15) is 0 Å². The van der Waals surface area contributed by atoms with Crippen molar-refractivity contribution >= 4 is 10.9 Å². The minimum absolute atomic E-state index is 0.186. The molecule has 0 amide bonds. The average molecular weight is 268 g/mol. The van der Waals surface area contributed by atoms with E-state index in [1.54, 1.807) is 12.1 Å². The first-order valence-corrected chi connectivity index (χ1v) is 6.74. The first-order valence-electron chi connectivity index (χ1n) is 6.74. The highest BCUT2D eigenvalue weighted by Gasteiger charge is 2.07. The zero-order chi connectivity index (χ0) is 13.9. The number of para-hydroxylation sites is 1. The highest BCUT2D eigenvalue weighted by molar-refractivity contribution is 5.84. The Balaban J connectivity index is 2.03. The fraction of sp³-hybridized carbons (Fsp3) is 0.176. The van der Waals surface area contributed by atoms with Crippen LogP contribution in [-0.4, -0.2) is 11.6 Å². The molecule has 3 aromatic rings. The third kappa shape index (κ3) is 2.45. The molecule has 0 aliphatic heterocycles. The summed E-state index contributed by atoms with van der Waals surface area (Å²) in [5, 5.41) is 4.44. The van der Waals surface area contributed by atoms with E-state index in [-0.39, 0.29) is 5.82 Å². The Morgan fingerprint density at radius 1 is 1.10 bits per heavy atom. The first-order chi connectivity index (χ1) is 9.78. The van der Waals surface area contributed by atoms with Gasteiger partial charge in [0, 0.05) is 30.2 Å². The van der Waals surface area contributed by atoms with Gasteiger partial charge in [0.05, 0.1) is 0 Å². The zero-order valence-electron chi connectivity index (χ0n) is 11.4. The number of hydrogen-bond donors (Lipinski definition) is 1. The molecule has 0 unspecified atom stereocenters. The quantitative estimate of drug-likeness (QED) is 0.765. The fourth-order valence-corrected chi connectivity index (χ4v) is 2.62. The molecule has 0 saturated carbocycles. The van der Waals surface area contributed by atoms with Gasteiger partial charge in [-0.05, 0) is 36.4 Å². The topological polar surface area (TPSA) is 17.0 Å². The maximum Gasteiger partial charge on any atom is 0.123 e. The summed E-state index contributed by atoms with van der Waals surface area (Å²) in [5.41, 5.74) is 3.42. The summed E-state index contributed by atoms with van der Waals surface area (Å²) in [7, 11) is 1.94. The summed E-state index contributed by atoms with van der Waals surface area (Å²) in [6, 6.07) is 15.1. The number of nitrogens with zero attached hydrogens (tertiary/aromatic N) is 1. The number of halogens is 1. The number of rotatable bonds is 4. The molecule has 1 N–H and O–H groups in total. The lowest BCUT2D eigenvalue weighted by Gasteiger charge is -2.05. The van der Waals surface area contributed by atoms with Crippen LogP contribution in [0, 0.1) is 5.82 Å². The van der Waals surface area contributed by atoms with Gasteiger partial charge in [-0.1, -0.05) is 30.3 Å². The number of fused-ring (bicyclic) bond motifs is 1. The van der Waals surface area contributed by atoms with Gasteiger partial charge in [0.25, 0.3) is 0 Å². The molecule has 2 aromatic carbocycles. The maximum absolute atomic E-state index is 13.3. The van der Waals surface area contributed by atoms with Crippen LogP contribution >= 0.6 is 0 Å². The second kappa shape index (κ2) is 5.47. The number of hydrogen-bond acceptors (Lipinski definition) is 1. The highest BCUT2D eigenvalue weighted by Crippen LogP contribution is 2.22. The van der Waals surface area contributed by atoms with Gasteiger partial charge in [-0.3, -0.25) is 0 Å². The van der Waals surface area contributed by atoms with Crippen LogP contribution in [0.25, 0.3) is 10.9 Å². The number of benzene rings is 2. The van der Waals surface area contributed by atoms with Crippen LogP contribution in [0.3, 0.4) is 0 Å². The molecule has 0 aliphatic carbocycles. The molecule has 0 spiro atoms. The average Bonchev–Trinajstić information content (AvgIpc) is 2.78. The van der Waals surface area contributed by atoms with Crippen molar-refractivity contribution in [1.82, 2.24) is 9.88 Å². The summed E-state index contributed by atoms with van der Waals surface area (Å²) < 4.78 is 15.5. The van der Waals surface area contributed by atoms with E-state index in [0.29, 0.717) is 6.54 Å². The molecule has 0 aliphatic rings. The molecule has 1 aromatic heterocycles. The van der Waals surface area contributed by atoms with E-state index in [1.807, 2.05) is 25.2 Å². The molecule has 0 fully saturated rings. The van der Waals surface area contributed by atoms with Gasteiger partial charge < -0.3 is 9.88 Å². The molecule has 0 radical (unpaired) electrons. The third-order valence-electron chi connectivity index (χ3n) is 3.48. The Kier molecular flexibility index (Phi) is 3.52. The van der Waals surface area contributed by atoms with E-state index in [1.165, 1.54) is 22.5 Å². The van der Waals surface area contributed by atoms with Crippen LogP contribution in [0.1, 0.15) is 11.1 Å². The highest BCUT2D eigenvalue weighted by atomic mass is 19.1. The summed E-state index contributed by atoms with van der Waals surface area (Å²) in [6.07, 6.45) is 2.14. The van der Waals surface area contributed by atoms with Crippen LogP contribution < -0.4 is 5.32 Å². The molecular formula is C17H17FN2. The number of nitrogens with one attached hydrogen (secondary N) is 1. The van der Waals surface area contributed by atoms with Crippen LogP contribution in [0.2, 0.25) is 0 Å². The van der Waals surface area contributed by atoms with Crippen molar-refractivity contribution < 1.29 is 4.39 Å². The van der Waals surface area contributed by atoms with Crippen LogP contribution in [0.15, 0.2) is 54.7 Å². The largest absolute Gasteiger partial charge is 0.343 e. The number of aromatic nitrogens is 1. The fourth-order valence-electron chi connectivity index (χ4n) is 2.62. The summed E-state index contributed by atoms with van der Waals surface area (Å²) in [4.78, 5) is 0. The van der Waals surface area contributed by atoms with Gasteiger partial charge in [-0.15, -0.1) is 0 Å². The van der Waals surface area contributed by atoms with Gasteiger partial charge in [0.15, 0.2) is 0 Å². The normalized spacial score (nSPS) is 11.1. The Morgan fingerprint density at radius 3 is 2.75 bits per heavy atom. The SMILES string of the molecule is CNCc1cn(Cc2cccc(F)c2)c2ccccc12. The zero-order valence-corrected chi connectivity index (χ0v) is 11.4. The van der Waals surface area contributed by atoms with Gasteiger partial charge in [0.1, 0.15) is 5.82 Å². The monoisotopic (exact) mass is 268 g/mol. The van der Waals surface area contributed by atoms with E-state index in [9.17, 15) is 4.39 Å². The smallest absolute Gasteiger partial charge is 0.123 e. The van der Waals surface area contributed by atoms with Crippen molar-refractivity contribution in [3.63, 3.8) is 0 Å². The first kappa shape index (κ1) is 12.9. The predicted molar refractivity (Wildman–Crippen MR) is 80.2 cm³/mol. The molecule has 2 nitrogen and oxygen atoms in total. The van der Waals surface area contributed by atoms with Crippen molar-refractivity contribution in [1.29, 1.82) is 0 Å². The minimum Gasteiger partial charge on any atom is -0.343 e. The lowest BCUT2D eigenvalue weighted by Crippen LogP contribution is -2.04. The van der Waals surface area contributed by atoms with E-state index < -0.39 is 0 Å². The van der Waals surface area contributed by atoms with Crippen molar-refractivity contribution in [2.45, 2.75) is 13.1 Å². The minimum atomic E-state index is -0.186. The Morgan fingerprint density at radius 2 is 1.95 bits per heavy atom. The molecule has 0 saturated heterocycles. The van der Waals surface area contributed by atoms with E-state index in [2.05, 4.69) is 28.2 Å². The Hall–Kier alpha value is -2.13. The van der Waals surface area contributed by atoms with E-state index in [0.717, 1.165) is 12.1 Å². The molecular weight excluding hydrogens is 251 g/mol. The van der Waals surface area contributed by atoms with Crippen molar-refractivity contribution in [2.75, 3.05) is 7.05 Å². The Bertz CT molecular complexity index is 731. The van der Waals surface area contributed by atoms with Gasteiger partial charge >= 0.3 is 0 Å². The van der Waals surface area contributed by atoms with Crippen LogP contribution in [-0.2, 0) is 13.1 Å². The molecule has 102 valence electrons. The van der Waals surface area contributed by atoms with Crippen LogP contribution in [0.4, 0.5) is 4.39 Å². The Labute approximate surface area is 117 Å². The predicted octanol–water partition coefficient (Wildman–Crippen LogP) is 3.55. The van der Waals surface area contributed by atoms with E-state index in [4.69, 9.17) is 0 Å². The van der Waals surface area contributed by atoms with Crippen molar-refractivity contribution in [2.24, 2.45) is 0 Å². The lowest BCUT2D eigenvalue weighted by atomic mass is 10.2. The summed E-state index contributed by atoms with van der Waals surface area (Å²) in [6.45, 7) is 1.51. The van der Waals surface area contributed by atoms with Crippen molar-refractivity contribution in [3.05, 3.63) is 71.7 Å². The van der Waals surface area contributed by atoms with E-state index >= 15 is 0 Å². The molecule has 20 heavy (non-hydrogen) atoms. The van der Waals surface area contributed by atoms with Gasteiger partial charge in [0.2, 0.25) is 0 Å². The summed E-state index contributed by atoms with van der Waals surface area (Å²) >= 11 is 0. The second-order valence-corrected chi connectivity index (χ2v) is 4.96. The standard InChI is InChI=1S/C17H17FN2/c1-19-10-14-12-20(17-8-3-2-7-16(14)17)11-13-5-4-6-15(18)9-13/h2-9,12,19H,10-11H2,1H3. The van der Waals surface area contributed by atoms with Crippen LogP contribution in [0.5, 0.6) is 0 Å². The molecule has 0 atom stereocenters. The molecule has 0 bridgehead atoms. The maximum atomic E-state index is 13.3. The molecule has 3 heteroatoms. The molecule has 1 heterocycles.